The summed E-state index contributed by atoms with van der Waals surface area (Å²) < 4.78 is 2.32. The topological polar surface area (TPSA) is 8.17 Å². The van der Waals surface area contributed by atoms with Gasteiger partial charge in [0.1, 0.15) is 0 Å². The third kappa shape index (κ3) is 2.63. The zero-order valence-corrected chi connectivity index (χ0v) is 19.8. The van der Waals surface area contributed by atoms with Crippen molar-refractivity contribution in [1.82, 2.24) is 4.57 Å². The van der Waals surface area contributed by atoms with E-state index in [9.17, 15) is 0 Å². The van der Waals surface area contributed by atoms with Crippen LogP contribution in [0.3, 0.4) is 0 Å². The first-order chi connectivity index (χ1) is 16.6. The van der Waals surface area contributed by atoms with E-state index in [0.29, 0.717) is 0 Å². The fraction of sp³-hybridized carbons (Fsp3) is 0.125. The van der Waals surface area contributed by atoms with Crippen LogP contribution in [0.15, 0.2) is 91.0 Å². The van der Waals surface area contributed by atoms with Gasteiger partial charge in [0.15, 0.2) is 0 Å². The number of aryl methyl sites for hydroxylation is 1. The lowest BCUT2D eigenvalue weighted by Crippen LogP contribution is -2.08. The largest absolute Gasteiger partial charge is 0.378 e. The third-order valence-corrected chi connectivity index (χ3v) is 7.65. The number of hydrogen-bond acceptors (Lipinski definition) is 1. The van der Waals surface area contributed by atoms with Gasteiger partial charge >= 0.3 is 0 Å². The Kier molecular flexibility index (Phi) is 3.99. The predicted octanol–water partition coefficient (Wildman–Crippen LogP) is 7.79. The normalized spacial score (nSPS) is 12.4. The molecule has 0 bridgehead atoms. The Balaban J connectivity index is 1.51. The van der Waals surface area contributed by atoms with Gasteiger partial charge < -0.3 is 9.47 Å². The van der Waals surface area contributed by atoms with Crippen LogP contribution >= 0.6 is 0 Å². The minimum Gasteiger partial charge on any atom is -0.378 e. The maximum Gasteiger partial charge on any atom is 0.0509 e. The molecule has 0 saturated carbocycles. The molecule has 34 heavy (non-hydrogen) atoms. The van der Waals surface area contributed by atoms with Gasteiger partial charge in [0.2, 0.25) is 0 Å². The molecular weight excluding hydrogens is 412 g/mol. The van der Waals surface area contributed by atoms with Crippen molar-refractivity contribution >= 4 is 38.3 Å². The van der Waals surface area contributed by atoms with Crippen LogP contribution < -0.4 is 4.90 Å². The summed E-state index contributed by atoms with van der Waals surface area (Å²) in [7, 11) is 6.36. The molecule has 0 unspecified atom stereocenters. The van der Waals surface area contributed by atoms with E-state index < -0.39 is 0 Å². The fourth-order valence-electron chi connectivity index (χ4n) is 5.88. The first kappa shape index (κ1) is 19.4. The Morgan fingerprint density at radius 1 is 0.618 bits per heavy atom. The lowest BCUT2D eigenvalue weighted by Gasteiger charge is -2.13. The molecule has 0 amide bonds. The second kappa shape index (κ2) is 6.98. The number of hydrogen-bond donors (Lipinski definition) is 0. The van der Waals surface area contributed by atoms with Gasteiger partial charge in [-0.1, -0.05) is 60.7 Å². The Bertz CT molecular complexity index is 1770. The van der Waals surface area contributed by atoms with E-state index in [2.05, 4.69) is 122 Å². The molecule has 0 N–H and O–H groups in total. The first-order valence-electron chi connectivity index (χ1n) is 11.9. The molecule has 1 aliphatic carbocycles. The molecular formula is C32H26N2. The fourth-order valence-corrected chi connectivity index (χ4v) is 5.88. The standard InChI is InChI=1S/C32H26N2/c1-33(2)22-13-14-26-30-17-21(12-15-31(30)34(3)32(26)18-22)27-19-29-23-9-5-4-8-20(23)16-28(29)25-11-7-6-10-24(25)27/h4-15,17-19H,16H2,1-3H3. The molecule has 7 rings (SSSR count). The van der Waals surface area contributed by atoms with Crippen molar-refractivity contribution in [2.45, 2.75) is 6.42 Å². The summed E-state index contributed by atoms with van der Waals surface area (Å²) in [6.45, 7) is 0. The van der Waals surface area contributed by atoms with E-state index in [1.54, 1.807) is 0 Å². The lowest BCUT2D eigenvalue weighted by molar-refractivity contribution is 1.01. The van der Waals surface area contributed by atoms with E-state index in [1.165, 1.54) is 71.6 Å². The Morgan fingerprint density at radius 3 is 2.26 bits per heavy atom. The van der Waals surface area contributed by atoms with Crippen molar-refractivity contribution in [2.24, 2.45) is 7.05 Å². The highest BCUT2D eigenvalue weighted by atomic mass is 15.1. The van der Waals surface area contributed by atoms with Gasteiger partial charge in [-0.3, -0.25) is 0 Å². The van der Waals surface area contributed by atoms with Crippen LogP contribution in [-0.2, 0) is 13.5 Å². The molecule has 1 aliphatic rings. The molecule has 0 saturated heterocycles. The predicted molar refractivity (Wildman–Crippen MR) is 146 cm³/mol. The van der Waals surface area contributed by atoms with Crippen LogP contribution in [-0.4, -0.2) is 18.7 Å². The number of anilines is 1. The van der Waals surface area contributed by atoms with Gasteiger partial charge in [0, 0.05) is 43.1 Å². The lowest BCUT2D eigenvalue weighted by atomic mass is 9.91. The summed E-state index contributed by atoms with van der Waals surface area (Å²) in [5, 5.41) is 5.33. The van der Waals surface area contributed by atoms with Gasteiger partial charge in [-0.05, 0) is 80.9 Å². The van der Waals surface area contributed by atoms with E-state index >= 15 is 0 Å². The van der Waals surface area contributed by atoms with Crippen LogP contribution in [0, 0.1) is 0 Å². The Hall–Kier alpha value is -4.04. The molecule has 1 aromatic heterocycles. The number of aromatic nitrogens is 1. The average Bonchev–Trinajstić information content (AvgIpc) is 3.38. The summed E-state index contributed by atoms with van der Waals surface area (Å²) >= 11 is 0. The maximum absolute atomic E-state index is 2.43. The molecule has 2 nitrogen and oxygen atoms in total. The second-order valence-electron chi connectivity index (χ2n) is 9.72. The minimum absolute atomic E-state index is 1.02. The Labute approximate surface area is 199 Å². The van der Waals surface area contributed by atoms with Crippen LogP contribution in [0.4, 0.5) is 5.69 Å². The van der Waals surface area contributed by atoms with Crippen molar-refractivity contribution in [2.75, 3.05) is 19.0 Å². The molecule has 0 atom stereocenters. The summed E-state index contributed by atoms with van der Waals surface area (Å²) in [4.78, 5) is 2.16. The molecule has 0 fully saturated rings. The summed E-state index contributed by atoms with van der Waals surface area (Å²) in [6.07, 6.45) is 1.02. The number of fused-ring (bicyclic) bond motifs is 8. The summed E-state index contributed by atoms with van der Waals surface area (Å²) in [5.74, 6) is 0. The molecule has 2 heteroatoms. The highest BCUT2D eigenvalue weighted by Gasteiger charge is 2.22. The van der Waals surface area contributed by atoms with Crippen molar-refractivity contribution in [1.29, 1.82) is 0 Å². The number of nitrogens with zero attached hydrogens (tertiary/aromatic N) is 2. The third-order valence-electron chi connectivity index (χ3n) is 7.65. The minimum atomic E-state index is 1.02. The van der Waals surface area contributed by atoms with Crippen molar-refractivity contribution in [3.63, 3.8) is 0 Å². The van der Waals surface area contributed by atoms with Crippen molar-refractivity contribution < 1.29 is 0 Å². The van der Waals surface area contributed by atoms with E-state index in [0.717, 1.165) is 6.42 Å². The van der Waals surface area contributed by atoms with Crippen molar-refractivity contribution in [3.05, 3.63) is 102 Å². The molecule has 6 aromatic rings. The SMILES string of the molecule is CN(C)c1ccc2c3cc(-c4cc5c(c6ccccc46)Cc4ccccc4-5)ccc3n(C)c2c1. The molecule has 0 radical (unpaired) electrons. The number of rotatable bonds is 2. The quantitative estimate of drug-likeness (QED) is 0.267. The molecule has 0 spiro atoms. The molecule has 1 heterocycles. The van der Waals surface area contributed by atoms with E-state index in [4.69, 9.17) is 0 Å². The van der Waals surface area contributed by atoms with Crippen LogP contribution in [0.2, 0.25) is 0 Å². The smallest absolute Gasteiger partial charge is 0.0509 e. The molecule has 0 aliphatic heterocycles. The zero-order chi connectivity index (χ0) is 23.0. The van der Waals surface area contributed by atoms with Gasteiger partial charge in [-0.2, -0.15) is 0 Å². The monoisotopic (exact) mass is 438 g/mol. The molecule has 164 valence electrons. The van der Waals surface area contributed by atoms with Gasteiger partial charge in [-0.15, -0.1) is 0 Å². The maximum atomic E-state index is 2.43. The second-order valence-corrected chi connectivity index (χ2v) is 9.72. The summed E-state index contributed by atoms with van der Waals surface area (Å²) in [6, 6.07) is 34.0. The molecule has 5 aromatic carbocycles. The highest BCUT2D eigenvalue weighted by molar-refractivity contribution is 6.12. The van der Waals surface area contributed by atoms with Gasteiger partial charge in [-0.25, -0.2) is 0 Å². The van der Waals surface area contributed by atoms with Crippen LogP contribution in [0.5, 0.6) is 0 Å². The van der Waals surface area contributed by atoms with Gasteiger partial charge in [0.25, 0.3) is 0 Å². The Morgan fingerprint density at radius 2 is 1.41 bits per heavy atom. The van der Waals surface area contributed by atoms with Crippen LogP contribution in [0.25, 0.3) is 54.8 Å². The first-order valence-corrected chi connectivity index (χ1v) is 11.9. The zero-order valence-electron chi connectivity index (χ0n) is 19.8. The average molecular weight is 439 g/mol. The van der Waals surface area contributed by atoms with E-state index in [-0.39, 0.29) is 0 Å². The highest BCUT2D eigenvalue weighted by Crippen LogP contribution is 2.45. The van der Waals surface area contributed by atoms with Crippen molar-refractivity contribution in [3.8, 4) is 22.3 Å². The van der Waals surface area contributed by atoms with Gasteiger partial charge in [0.05, 0.1) is 5.52 Å². The van der Waals surface area contributed by atoms with E-state index in [1.807, 2.05) is 0 Å². The summed E-state index contributed by atoms with van der Waals surface area (Å²) in [5.41, 5.74) is 12.0. The number of benzene rings is 5. The van der Waals surface area contributed by atoms with Crippen LogP contribution in [0.1, 0.15) is 11.1 Å².